The van der Waals surface area contributed by atoms with Gasteiger partial charge in [-0.1, -0.05) is 6.92 Å². The van der Waals surface area contributed by atoms with Crippen molar-refractivity contribution in [2.45, 2.75) is 26.8 Å². The zero-order valence-corrected chi connectivity index (χ0v) is 12.0. The summed E-state index contributed by atoms with van der Waals surface area (Å²) >= 11 is 0. The van der Waals surface area contributed by atoms with Crippen LogP contribution in [-0.4, -0.2) is 33.4 Å². The minimum Gasteiger partial charge on any atom is -0.476 e. The number of aromatic nitrogens is 2. The minimum atomic E-state index is -1.08. The number of carbonyl (C=O) groups is 2. The molecule has 3 N–H and O–H groups in total. The molecule has 2 rings (SSSR count). The molecule has 21 heavy (non-hydrogen) atoms. The third-order valence-corrected chi connectivity index (χ3v) is 3.05. The van der Waals surface area contributed by atoms with Crippen molar-refractivity contribution >= 4 is 28.6 Å². The first-order valence-corrected chi connectivity index (χ1v) is 6.85. The van der Waals surface area contributed by atoms with E-state index in [1.165, 1.54) is 0 Å². The molecule has 0 saturated heterocycles. The van der Waals surface area contributed by atoms with E-state index < -0.39 is 5.97 Å². The number of hydrogen-bond acceptors (Lipinski definition) is 3. The van der Waals surface area contributed by atoms with Gasteiger partial charge in [0.15, 0.2) is 5.69 Å². The average Bonchev–Trinajstić information content (AvgIpc) is 2.83. The van der Waals surface area contributed by atoms with E-state index in [9.17, 15) is 14.7 Å². The standard InChI is InChI=1S/C14H18N4O3/c1-3-7-15-14(21)16-9-5-6-11-10(8-9)12(13(19)20)17-18(11)4-2/h5-6,8H,3-4,7H2,1-2H3,(H,19,20)(H2,15,16,21). The summed E-state index contributed by atoms with van der Waals surface area (Å²) in [5.74, 6) is -1.08. The third kappa shape index (κ3) is 3.13. The summed E-state index contributed by atoms with van der Waals surface area (Å²) < 4.78 is 1.62. The molecule has 112 valence electrons. The van der Waals surface area contributed by atoms with Crippen molar-refractivity contribution in [2.75, 3.05) is 11.9 Å². The van der Waals surface area contributed by atoms with Gasteiger partial charge in [-0.05, 0) is 31.5 Å². The minimum absolute atomic E-state index is 0.00975. The number of fused-ring (bicyclic) bond motifs is 1. The quantitative estimate of drug-likeness (QED) is 0.787. The highest BCUT2D eigenvalue weighted by molar-refractivity contribution is 6.03. The van der Waals surface area contributed by atoms with Crippen LogP contribution in [0.25, 0.3) is 10.9 Å². The van der Waals surface area contributed by atoms with Gasteiger partial charge in [-0.25, -0.2) is 9.59 Å². The smallest absolute Gasteiger partial charge is 0.357 e. The molecule has 0 unspecified atom stereocenters. The van der Waals surface area contributed by atoms with Gasteiger partial charge in [0.1, 0.15) is 0 Å². The van der Waals surface area contributed by atoms with Gasteiger partial charge >= 0.3 is 12.0 Å². The second kappa shape index (κ2) is 6.25. The largest absolute Gasteiger partial charge is 0.476 e. The van der Waals surface area contributed by atoms with E-state index in [1.807, 2.05) is 13.8 Å². The number of rotatable bonds is 5. The van der Waals surface area contributed by atoms with Gasteiger partial charge in [-0.15, -0.1) is 0 Å². The lowest BCUT2D eigenvalue weighted by Crippen LogP contribution is -2.29. The van der Waals surface area contributed by atoms with Crippen molar-refractivity contribution in [3.8, 4) is 0 Å². The topological polar surface area (TPSA) is 96.2 Å². The Morgan fingerprint density at radius 3 is 2.71 bits per heavy atom. The molecule has 0 fully saturated rings. The number of carboxylic acids is 1. The van der Waals surface area contributed by atoms with Crippen LogP contribution in [-0.2, 0) is 6.54 Å². The monoisotopic (exact) mass is 290 g/mol. The van der Waals surface area contributed by atoms with Crippen molar-refractivity contribution in [3.63, 3.8) is 0 Å². The predicted molar refractivity (Wildman–Crippen MR) is 79.7 cm³/mol. The number of carbonyl (C=O) groups excluding carboxylic acids is 1. The molecule has 0 aliphatic rings. The van der Waals surface area contributed by atoms with Gasteiger partial charge in [0.2, 0.25) is 0 Å². The lowest BCUT2D eigenvalue weighted by molar-refractivity contribution is 0.0691. The number of nitrogens with zero attached hydrogens (tertiary/aromatic N) is 2. The predicted octanol–water partition coefficient (Wildman–Crippen LogP) is 2.29. The highest BCUT2D eigenvalue weighted by Crippen LogP contribution is 2.23. The fourth-order valence-electron chi connectivity index (χ4n) is 2.07. The van der Waals surface area contributed by atoms with E-state index in [4.69, 9.17) is 0 Å². The van der Waals surface area contributed by atoms with Crippen molar-refractivity contribution in [3.05, 3.63) is 23.9 Å². The molecule has 7 heteroatoms. The van der Waals surface area contributed by atoms with Crippen molar-refractivity contribution in [2.24, 2.45) is 0 Å². The molecule has 1 heterocycles. The molecule has 1 aromatic carbocycles. The molecule has 0 aliphatic carbocycles. The zero-order valence-electron chi connectivity index (χ0n) is 12.0. The van der Waals surface area contributed by atoms with E-state index in [2.05, 4.69) is 15.7 Å². The lowest BCUT2D eigenvalue weighted by atomic mass is 10.2. The van der Waals surface area contributed by atoms with Crippen LogP contribution in [0.2, 0.25) is 0 Å². The van der Waals surface area contributed by atoms with Crippen LogP contribution in [0.4, 0.5) is 10.5 Å². The van der Waals surface area contributed by atoms with Gasteiger partial charge < -0.3 is 15.7 Å². The number of hydrogen-bond donors (Lipinski definition) is 3. The van der Waals surface area contributed by atoms with Crippen LogP contribution in [0.3, 0.4) is 0 Å². The summed E-state index contributed by atoms with van der Waals surface area (Å²) in [7, 11) is 0. The number of carboxylic acid groups (broad SMARTS) is 1. The fourth-order valence-corrected chi connectivity index (χ4v) is 2.07. The summed E-state index contributed by atoms with van der Waals surface area (Å²) in [6, 6.07) is 4.81. The Kier molecular flexibility index (Phi) is 4.42. The van der Waals surface area contributed by atoms with Gasteiger partial charge in [0, 0.05) is 24.2 Å². The molecule has 1 aromatic heterocycles. The van der Waals surface area contributed by atoms with Crippen LogP contribution in [0.15, 0.2) is 18.2 Å². The number of amides is 2. The molecule has 7 nitrogen and oxygen atoms in total. The van der Waals surface area contributed by atoms with Crippen molar-refractivity contribution in [1.29, 1.82) is 0 Å². The number of benzene rings is 1. The molecule has 2 amide bonds. The van der Waals surface area contributed by atoms with Crippen LogP contribution >= 0.6 is 0 Å². The summed E-state index contributed by atoms with van der Waals surface area (Å²) in [4.78, 5) is 22.9. The van der Waals surface area contributed by atoms with Gasteiger partial charge in [0.25, 0.3) is 0 Å². The van der Waals surface area contributed by atoms with Crippen LogP contribution in [0, 0.1) is 0 Å². The molecule has 0 bridgehead atoms. The molecule has 0 radical (unpaired) electrons. The maximum atomic E-state index is 11.6. The maximum absolute atomic E-state index is 11.6. The number of nitrogens with one attached hydrogen (secondary N) is 2. The SMILES string of the molecule is CCCNC(=O)Nc1ccc2c(c1)c(C(=O)O)nn2CC. The summed E-state index contributed by atoms with van der Waals surface area (Å²) in [6.45, 7) is 5.02. The first-order valence-electron chi connectivity index (χ1n) is 6.85. The maximum Gasteiger partial charge on any atom is 0.357 e. The highest BCUT2D eigenvalue weighted by Gasteiger charge is 2.16. The van der Waals surface area contributed by atoms with E-state index in [-0.39, 0.29) is 11.7 Å². The Morgan fingerprint density at radius 1 is 1.33 bits per heavy atom. The second-order valence-electron chi connectivity index (χ2n) is 4.58. The van der Waals surface area contributed by atoms with Crippen LogP contribution in [0.1, 0.15) is 30.8 Å². The molecule has 0 aliphatic heterocycles. The van der Waals surface area contributed by atoms with E-state index in [0.717, 1.165) is 11.9 Å². The third-order valence-electron chi connectivity index (χ3n) is 3.05. The normalized spacial score (nSPS) is 10.6. The number of aromatic carboxylic acids is 1. The van der Waals surface area contributed by atoms with Crippen LogP contribution < -0.4 is 10.6 Å². The Labute approximate surface area is 121 Å². The number of urea groups is 1. The molecule has 2 aromatic rings. The Balaban J connectivity index is 2.34. The molecule has 0 saturated carbocycles. The zero-order chi connectivity index (χ0) is 15.4. The van der Waals surface area contributed by atoms with Gasteiger partial charge in [-0.2, -0.15) is 5.10 Å². The van der Waals surface area contributed by atoms with Gasteiger partial charge in [0.05, 0.1) is 5.52 Å². The lowest BCUT2D eigenvalue weighted by Gasteiger charge is -2.07. The van der Waals surface area contributed by atoms with Crippen molar-refractivity contribution < 1.29 is 14.7 Å². The highest BCUT2D eigenvalue weighted by atomic mass is 16.4. The molecular formula is C14H18N4O3. The molecular weight excluding hydrogens is 272 g/mol. The Bertz CT molecular complexity index is 678. The molecule has 0 spiro atoms. The van der Waals surface area contributed by atoms with E-state index >= 15 is 0 Å². The Morgan fingerprint density at radius 2 is 2.10 bits per heavy atom. The number of aryl methyl sites for hydroxylation is 1. The first kappa shape index (κ1) is 14.8. The summed E-state index contributed by atoms with van der Waals surface area (Å²) in [5.41, 5.74) is 1.26. The average molecular weight is 290 g/mol. The summed E-state index contributed by atoms with van der Waals surface area (Å²) in [6.07, 6.45) is 0.846. The van der Waals surface area contributed by atoms with Crippen LogP contribution in [0.5, 0.6) is 0 Å². The fraction of sp³-hybridized carbons (Fsp3) is 0.357. The van der Waals surface area contributed by atoms with Gasteiger partial charge in [-0.3, -0.25) is 4.68 Å². The molecule has 0 atom stereocenters. The van der Waals surface area contributed by atoms with E-state index in [1.54, 1.807) is 22.9 Å². The second-order valence-corrected chi connectivity index (χ2v) is 4.58. The Hall–Kier alpha value is -2.57. The first-order chi connectivity index (χ1) is 10.1. The summed E-state index contributed by atoms with van der Waals surface area (Å²) in [5, 5.41) is 19.2. The van der Waals surface area contributed by atoms with Crippen molar-refractivity contribution in [1.82, 2.24) is 15.1 Å². The number of anilines is 1. The van der Waals surface area contributed by atoms with E-state index in [0.29, 0.717) is 24.2 Å².